The molecule has 3 rings (SSSR count). The molecule has 19 heavy (non-hydrogen) atoms. The minimum atomic E-state index is -0.372. The fourth-order valence-corrected chi connectivity index (χ4v) is 2.88. The Hall–Kier alpha value is -2.28. The number of thiazole rings is 1. The van der Waals surface area contributed by atoms with E-state index in [0.717, 1.165) is 15.2 Å². The Balaban J connectivity index is 2.35. The number of hydrogen-bond donors (Lipinski definition) is 0. The highest BCUT2D eigenvalue weighted by Crippen LogP contribution is 2.32. The minimum absolute atomic E-state index is 0.0669. The van der Waals surface area contributed by atoms with Gasteiger partial charge in [-0.1, -0.05) is 0 Å². The summed E-state index contributed by atoms with van der Waals surface area (Å²) in [5, 5.41) is 12.1. The first-order valence-electron chi connectivity index (χ1n) is 5.62. The molecule has 0 bridgehead atoms. The van der Waals surface area contributed by atoms with Crippen LogP contribution in [0.4, 0.5) is 5.69 Å². The second-order valence-electron chi connectivity index (χ2n) is 4.14. The number of hydrogen-bond acceptors (Lipinski definition) is 5. The Morgan fingerprint density at radius 3 is 2.79 bits per heavy atom. The summed E-state index contributed by atoms with van der Waals surface area (Å²) in [6.07, 6.45) is 3.33. The lowest BCUT2D eigenvalue weighted by molar-refractivity contribution is -0.384. The number of nitrogens with zero attached hydrogens (tertiary/aromatic N) is 4. The van der Waals surface area contributed by atoms with E-state index in [0.29, 0.717) is 11.5 Å². The third-order valence-electron chi connectivity index (χ3n) is 2.87. The SMILES string of the molecule is Cc1nc2cc(-n3ccnc3C)c([N+](=O)[O-])cc2s1. The molecule has 0 aliphatic carbocycles. The predicted octanol–water partition coefficient (Wildman–Crippen LogP) is 3.01. The van der Waals surface area contributed by atoms with Crippen molar-refractivity contribution in [2.75, 3.05) is 0 Å². The van der Waals surface area contributed by atoms with E-state index in [1.165, 1.54) is 11.3 Å². The predicted molar refractivity (Wildman–Crippen MR) is 72.9 cm³/mol. The van der Waals surface area contributed by atoms with Gasteiger partial charge in [0.15, 0.2) is 0 Å². The molecular weight excluding hydrogens is 264 g/mol. The highest BCUT2D eigenvalue weighted by atomic mass is 32.1. The van der Waals surface area contributed by atoms with E-state index in [2.05, 4.69) is 9.97 Å². The molecule has 6 nitrogen and oxygen atoms in total. The van der Waals surface area contributed by atoms with Crippen LogP contribution in [-0.4, -0.2) is 19.5 Å². The van der Waals surface area contributed by atoms with E-state index < -0.39 is 0 Å². The van der Waals surface area contributed by atoms with Crippen LogP contribution in [0.1, 0.15) is 10.8 Å². The van der Waals surface area contributed by atoms with Crippen LogP contribution in [0.15, 0.2) is 24.5 Å². The third-order valence-corrected chi connectivity index (χ3v) is 3.81. The first kappa shape index (κ1) is 11.8. The normalized spacial score (nSPS) is 11.1. The van der Waals surface area contributed by atoms with E-state index in [4.69, 9.17) is 0 Å². The van der Waals surface area contributed by atoms with Crippen LogP contribution in [-0.2, 0) is 0 Å². The Morgan fingerprint density at radius 1 is 1.37 bits per heavy atom. The molecule has 3 aromatic rings. The lowest BCUT2D eigenvalue weighted by atomic mass is 10.2. The second-order valence-corrected chi connectivity index (χ2v) is 5.38. The smallest absolute Gasteiger partial charge is 0.294 e. The van der Waals surface area contributed by atoms with Gasteiger partial charge in [0.05, 0.1) is 20.1 Å². The number of aryl methyl sites for hydroxylation is 2. The van der Waals surface area contributed by atoms with Crippen LogP contribution < -0.4 is 0 Å². The molecule has 0 amide bonds. The van der Waals surface area contributed by atoms with Gasteiger partial charge in [0.2, 0.25) is 0 Å². The van der Waals surface area contributed by atoms with Crippen LogP contribution in [0, 0.1) is 24.0 Å². The van der Waals surface area contributed by atoms with E-state index in [-0.39, 0.29) is 10.6 Å². The van der Waals surface area contributed by atoms with Crippen molar-refractivity contribution in [1.82, 2.24) is 14.5 Å². The highest BCUT2D eigenvalue weighted by Gasteiger charge is 2.19. The molecule has 1 aromatic carbocycles. The summed E-state index contributed by atoms with van der Waals surface area (Å²) in [6.45, 7) is 3.69. The molecule has 2 heterocycles. The average Bonchev–Trinajstić information content (AvgIpc) is 2.91. The Bertz CT molecular complexity index is 790. The van der Waals surface area contributed by atoms with Crippen LogP contribution in [0.3, 0.4) is 0 Å². The van der Waals surface area contributed by atoms with Gasteiger partial charge in [-0.2, -0.15) is 0 Å². The van der Waals surface area contributed by atoms with Gasteiger partial charge in [0, 0.05) is 18.5 Å². The van der Waals surface area contributed by atoms with Gasteiger partial charge in [-0.15, -0.1) is 11.3 Å². The van der Waals surface area contributed by atoms with Crippen molar-refractivity contribution < 1.29 is 4.92 Å². The van der Waals surface area contributed by atoms with E-state index in [9.17, 15) is 10.1 Å². The Kier molecular flexibility index (Phi) is 2.56. The summed E-state index contributed by atoms with van der Waals surface area (Å²) in [4.78, 5) is 19.3. The zero-order chi connectivity index (χ0) is 13.6. The first-order valence-corrected chi connectivity index (χ1v) is 6.44. The zero-order valence-electron chi connectivity index (χ0n) is 10.3. The van der Waals surface area contributed by atoms with Gasteiger partial charge in [-0.05, 0) is 19.9 Å². The molecule has 0 spiro atoms. The van der Waals surface area contributed by atoms with Gasteiger partial charge in [-0.3, -0.25) is 14.7 Å². The van der Waals surface area contributed by atoms with Gasteiger partial charge in [0.1, 0.15) is 11.5 Å². The number of imidazole rings is 1. The van der Waals surface area contributed by atoms with E-state index >= 15 is 0 Å². The first-order chi connectivity index (χ1) is 9.06. The number of nitro benzene ring substituents is 1. The third kappa shape index (κ3) is 1.88. The van der Waals surface area contributed by atoms with Crippen LogP contribution in [0.2, 0.25) is 0 Å². The maximum atomic E-state index is 11.2. The summed E-state index contributed by atoms with van der Waals surface area (Å²) in [6, 6.07) is 3.32. The Morgan fingerprint density at radius 2 is 2.16 bits per heavy atom. The number of fused-ring (bicyclic) bond motifs is 1. The van der Waals surface area contributed by atoms with Gasteiger partial charge < -0.3 is 0 Å². The molecule has 0 N–H and O–H groups in total. The maximum absolute atomic E-state index is 11.2. The van der Waals surface area contributed by atoms with Crippen LogP contribution in [0.5, 0.6) is 0 Å². The average molecular weight is 274 g/mol. The quantitative estimate of drug-likeness (QED) is 0.532. The van der Waals surface area contributed by atoms with Crippen molar-refractivity contribution in [1.29, 1.82) is 0 Å². The lowest BCUT2D eigenvalue weighted by Crippen LogP contribution is -2.01. The topological polar surface area (TPSA) is 73.8 Å². The van der Waals surface area contributed by atoms with Crippen molar-refractivity contribution in [3.05, 3.63) is 45.5 Å². The molecular formula is C12H10N4O2S. The van der Waals surface area contributed by atoms with Crippen molar-refractivity contribution in [3.63, 3.8) is 0 Å². The largest absolute Gasteiger partial charge is 0.298 e. The van der Waals surface area contributed by atoms with E-state index in [1.54, 1.807) is 36.0 Å². The molecule has 0 aliphatic rings. The number of benzene rings is 1. The van der Waals surface area contributed by atoms with Gasteiger partial charge >= 0.3 is 0 Å². The van der Waals surface area contributed by atoms with Gasteiger partial charge in [0.25, 0.3) is 5.69 Å². The zero-order valence-corrected chi connectivity index (χ0v) is 11.1. The Labute approximate surface area is 112 Å². The highest BCUT2D eigenvalue weighted by molar-refractivity contribution is 7.18. The lowest BCUT2D eigenvalue weighted by Gasteiger charge is -2.05. The van der Waals surface area contributed by atoms with Crippen molar-refractivity contribution in [2.24, 2.45) is 0 Å². The molecule has 2 aromatic heterocycles. The molecule has 0 unspecified atom stereocenters. The van der Waals surface area contributed by atoms with Crippen LogP contribution >= 0.6 is 11.3 Å². The number of rotatable bonds is 2. The molecule has 96 valence electrons. The van der Waals surface area contributed by atoms with Crippen molar-refractivity contribution in [3.8, 4) is 5.69 Å². The minimum Gasteiger partial charge on any atom is -0.298 e. The summed E-state index contributed by atoms with van der Waals surface area (Å²) >= 11 is 1.45. The monoisotopic (exact) mass is 274 g/mol. The second kappa shape index (κ2) is 4.13. The summed E-state index contributed by atoms with van der Waals surface area (Å²) in [5.41, 5.74) is 1.34. The number of nitro groups is 1. The summed E-state index contributed by atoms with van der Waals surface area (Å²) < 4.78 is 2.53. The fourth-order valence-electron chi connectivity index (χ4n) is 2.04. The molecule has 0 aliphatic heterocycles. The molecule has 7 heteroatoms. The van der Waals surface area contributed by atoms with Gasteiger partial charge in [-0.25, -0.2) is 9.97 Å². The van der Waals surface area contributed by atoms with Crippen molar-refractivity contribution >= 4 is 27.2 Å². The summed E-state index contributed by atoms with van der Waals surface area (Å²) in [7, 11) is 0. The molecule has 0 atom stereocenters. The van der Waals surface area contributed by atoms with E-state index in [1.807, 2.05) is 6.92 Å². The fraction of sp³-hybridized carbons (Fsp3) is 0.167. The molecule has 0 fully saturated rings. The summed E-state index contributed by atoms with van der Waals surface area (Å²) in [5.74, 6) is 0.703. The molecule has 0 saturated carbocycles. The molecule has 0 radical (unpaired) electrons. The van der Waals surface area contributed by atoms with Crippen molar-refractivity contribution in [2.45, 2.75) is 13.8 Å². The molecule has 0 saturated heterocycles. The standard InChI is InChI=1S/C12H10N4O2S/c1-7-13-3-4-15(7)10-5-9-12(19-8(2)14-9)6-11(10)16(17)18/h3-6H,1-2H3. The van der Waals surface area contributed by atoms with Crippen LogP contribution in [0.25, 0.3) is 15.9 Å². The number of aromatic nitrogens is 3. The maximum Gasteiger partial charge on any atom is 0.294 e.